The smallest absolute Gasteiger partial charge is 0.0401 e. The van der Waals surface area contributed by atoms with E-state index in [1.807, 2.05) is 0 Å². The van der Waals surface area contributed by atoms with E-state index in [9.17, 15) is 0 Å². The van der Waals surface area contributed by atoms with Crippen molar-refractivity contribution in [3.8, 4) is 0 Å². The van der Waals surface area contributed by atoms with Crippen LogP contribution in [0.4, 0.5) is 0 Å². The van der Waals surface area contributed by atoms with Gasteiger partial charge in [-0.25, -0.2) is 0 Å². The average molecular weight is 221 g/mol. The zero-order chi connectivity index (χ0) is 12.2. The summed E-state index contributed by atoms with van der Waals surface area (Å²) in [5.74, 6) is 0. The van der Waals surface area contributed by atoms with E-state index in [1.54, 1.807) is 5.57 Å². The van der Waals surface area contributed by atoms with E-state index in [-0.39, 0.29) is 0 Å². The Hall–Kier alpha value is -0.300. The highest BCUT2D eigenvalue weighted by Crippen LogP contribution is 2.51. The molecule has 1 aliphatic carbocycles. The van der Waals surface area contributed by atoms with Gasteiger partial charge in [0.15, 0.2) is 0 Å². The standard InChI is InChI=1S/C15H27N/c1-13(2,3)12-7-10-16(14(4,5)6)15(11-12)8-9-15/h11H,7-10H2,1-6H3. The largest absolute Gasteiger partial charge is 0.289 e. The van der Waals surface area contributed by atoms with Crippen molar-refractivity contribution in [2.45, 2.75) is 71.9 Å². The van der Waals surface area contributed by atoms with Crippen LogP contribution >= 0.6 is 0 Å². The minimum Gasteiger partial charge on any atom is -0.289 e. The molecule has 0 bridgehead atoms. The zero-order valence-electron chi connectivity index (χ0n) is 11.9. The van der Waals surface area contributed by atoms with Crippen LogP contribution in [0, 0.1) is 5.41 Å². The van der Waals surface area contributed by atoms with Crippen LogP contribution in [0.2, 0.25) is 0 Å². The van der Waals surface area contributed by atoms with Crippen molar-refractivity contribution in [1.29, 1.82) is 0 Å². The van der Waals surface area contributed by atoms with Crippen LogP contribution in [-0.4, -0.2) is 22.5 Å². The van der Waals surface area contributed by atoms with E-state index in [0.29, 0.717) is 16.5 Å². The first-order valence-electron chi connectivity index (χ1n) is 6.65. The van der Waals surface area contributed by atoms with E-state index < -0.39 is 0 Å². The molecular formula is C15H27N. The summed E-state index contributed by atoms with van der Waals surface area (Å²) in [6.45, 7) is 15.3. The summed E-state index contributed by atoms with van der Waals surface area (Å²) in [7, 11) is 0. The fraction of sp³-hybridized carbons (Fsp3) is 0.867. The number of hydrogen-bond acceptors (Lipinski definition) is 1. The molecule has 0 saturated heterocycles. The van der Waals surface area contributed by atoms with Crippen molar-refractivity contribution in [2.24, 2.45) is 5.41 Å². The molecule has 1 spiro atoms. The molecule has 2 rings (SSSR count). The second-order valence-corrected chi connectivity index (χ2v) is 7.60. The Bertz CT molecular complexity index is 307. The fourth-order valence-electron chi connectivity index (χ4n) is 3.07. The topological polar surface area (TPSA) is 3.24 Å². The summed E-state index contributed by atoms with van der Waals surface area (Å²) in [6.07, 6.45) is 6.58. The molecule has 1 nitrogen and oxygen atoms in total. The first kappa shape index (κ1) is 12.2. The Labute approximate surface area is 101 Å². The lowest BCUT2D eigenvalue weighted by Crippen LogP contribution is -2.51. The molecule has 92 valence electrons. The summed E-state index contributed by atoms with van der Waals surface area (Å²) in [4.78, 5) is 2.72. The van der Waals surface area contributed by atoms with Gasteiger partial charge in [-0.05, 0) is 45.4 Å². The van der Waals surface area contributed by atoms with Crippen LogP contribution in [0.25, 0.3) is 0 Å². The molecule has 0 aromatic carbocycles. The first-order valence-corrected chi connectivity index (χ1v) is 6.65. The van der Waals surface area contributed by atoms with Gasteiger partial charge in [-0.15, -0.1) is 0 Å². The van der Waals surface area contributed by atoms with Gasteiger partial charge in [-0.3, -0.25) is 4.90 Å². The molecule has 1 heterocycles. The second-order valence-electron chi connectivity index (χ2n) is 7.60. The SMILES string of the molecule is CC(C)(C)C1=CC2(CC2)N(C(C)(C)C)CC1. The molecule has 0 N–H and O–H groups in total. The van der Waals surface area contributed by atoms with Gasteiger partial charge in [0, 0.05) is 17.6 Å². The highest BCUT2D eigenvalue weighted by atomic mass is 15.3. The Morgan fingerprint density at radius 1 is 1.06 bits per heavy atom. The van der Waals surface area contributed by atoms with Crippen LogP contribution in [-0.2, 0) is 0 Å². The van der Waals surface area contributed by atoms with Crippen molar-refractivity contribution < 1.29 is 0 Å². The maximum atomic E-state index is 2.72. The highest BCUT2D eigenvalue weighted by molar-refractivity contribution is 5.30. The Kier molecular flexibility index (Phi) is 2.55. The molecule has 0 amide bonds. The molecule has 1 saturated carbocycles. The van der Waals surface area contributed by atoms with Gasteiger partial charge in [-0.2, -0.15) is 0 Å². The van der Waals surface area contributed by atoms with E-state index in [0.717, 1.165) is 0 Å². The predicted molar refractivity (Wildman–Crippen MR) is 70.6 cm³/mol. The van der Waals surface area contributed by atoms with E-state index >= 15 is 0 Å². The van der Waals surface area contributed by atoms with Gasteiger partial charge in [0.2, 0.25) is 0 Å². The van der Waals surface area contributed by atoms with Crippen LogP contribution < -0.4 is 0 Å². The summed E-state index contributed by atoms with van der Waals surface area (Å²) >= 11 is 0. The van der Waals surface area contributed by atoms with Gasteiger partial charge in [0.25, 0.3) is 0 Å². The minimum absolute atomic E-state index is 0.316. The molecule has 16 heavy (non-hydrogen) atoms. The Balaban J connectivity index is 2.27. The van der Waals surface area contributed by atoms with Gasteiger partial charge in [0.05, 0.1) is 0 Å². The third-order valence-corrected chi connectivity index (χ3v) is 4.12. The van der Waals surface area contributed by atoms with Crippen LogP contribution in [0.1, 0.15) is 60.8 Å². The lowest BCUT2D eigenvalue weighted by molar-refractivity contribution is 0.0807. The molecule has 0 atom stereocenters. The van der Waals surface area contributed by atoms with Crippen molar-refractivity contribution in [1.82, 2.24) is 4.90 Å². The molecule has 1 fully saturated rings. The molecule has 0 unspecified atom stereocenters. The number of nitrogens with zero attached hydrogens (tertiary/aromatic N) is 1. The second kappa shape index (κ2) is 3.35. The predicted octanol–water partition coefficient (Wildman–Crippen LogP) is 4.00. The van der Waals surface area contributed by atoms with E-state index in [1.165, 1.54) is 25.8 Å². The molecule has 0 aromatic rings. The molecule has 1 aliphatic heterocycles. The van der Waals surface area contributed by atoms with Crippen LogP contribution in [0.5, 0.6) is 0 Å². The quantitative estimate of drug-likeness (QED) is 0.559. The first-order chi connectivity index (χ1) is 7.15. The Morgan fingerprint density at radius 3 is 2.00 bits per heavy atom. The van der Waals surface area contributed by atoms with Crippen molar-refractivity contribution in [3.63, 3.8) is 0 Å². The minimum atomic E-state index is 0.316. The summed E-state index contributed by atoms with van der Waals surface area (Å²) in [6, 6.07) is 0. The van der Waals surface area contributed by atoms with Crippen LogP contribution in [0.3, 0.4) is 0 Å². The zero-order valence-corrected chi connectivity index (χ0v) is 11.9. The summed E-state index contributed by atoms with van der Waals surface area (Å²) in [5, 5.41) is 0. The van der Waals surface area contributed by atoms with Gasteiger partial charge < -0.3 is 0 Å². The van der Waals surface area contributed by atoms with Crippen molar-refractivity contribution in [3.05, 3.63) is 11.6 Å². The maximum absolute atomic E-state index is 2.72. The molecular weight excluding hydrogens is 194 g/mol. The molecule has 2 aliphatic rings. The van der Waals surface area contributed by atoms with E-state index in [2.05, 4.69) is 52.5 Å². The fourth-order valence-corrected chi connectivity index (χ4v) is 3.07. The Morgan fingerprint density at radius 2 is 1.62 bits per heavy atom. The number of hydrogen-bond donors (Lipinski definition) is 0. The normalized spacial score (nSPS) is 25.8. The lowest BCUT2D eigenvalue weighted by Gasteiger charge is -2.46. The van der Waals surface area contributed by atoms with Crippen LogP contribution in [0.15, 0.2) is 11.6 Å². The lowest BCUT2D eigenvalue weighted by atomic mass is 9.80. The average Bonchev–Trinajstić information content (AvgIpc) is 2.81. The van der Waals surface area contributed by atoms with Gasteiger partial charge in [-0.1, -0.05) is 32.4 Å². The third kappa shape index (κ3) is 2.07. The molecule has 0 radical (unpaired) electrons. The molecule has 1 heteroatoms. The highest BCUT2D eigenvalue weighted by Gasteiger charge is 2.51. The van der Waals surface area contributed by atoms with Crippen molar-refractivity contribution in [2.75, 3.05) is 6.54 Å². The van der Waals surface area contributed by atoms with Crippen molar-refractivity contribution >= 4 is 0 Å². The number of rotatable bonds is 0. The molecule has 0 aromatic heterocycles. The van der Waals surface area contributed by atoms with Gasteiger partial charge in [0.1, 0.15) is 0 Å². The maximum Gasteiger partial charge on any atom is 0.0401 e. The third-order valence-electron chi connectivity index (χ3n) is 4.12. The summed E-state index contributed by atoms with van der Waals surface area (Å²) in [5.41, 5.74) is 2.78. The van der Waals surface area contributed by atoms with E-state index in [4.69, 9.17) is 0 Å². The van der Waals surface area contributed by atoms with Gasteiger partial charge >= 0.3 is 0 Å². The monoisotopic (exact) mass is 221 g/mol. The summed E-state index contributed by atoms with van der Waals surface area (Å²) < 4.78 is 0.